The highest BCUT2D eigenvalue weighted by Crippen LogP contribution is 2.16. The van der Waals surface area contributed by atoms with E-state index < -0.39 is 6.10 Å². The van der Waals surface area contributed by atoms with E-state index in [2.05, 4.69) is 112 Å². The maximum Gasteiger partial charge on any atom is 0.306 e. The summed E-state index contributed by atoms with van der Waals surface area (Å²) in [6, 6.07) is 0. The fourth-order valence-corrected chi connectivity index (χ4v) is 8.39. The lowest BCUT2D eigenvalue weighted by Crippen LogP contribution is -2.30. The zero-order chi connectivity index (χ0) is 52.2. The van der Waals surface area contributed by atoms with Gasteiger partial charge in [-0.1, -0.05) is 279 Å². The van der Waals surface area contributed by atoms with Gasteiger partial charge in [-0.05, 0) is 83.5 Å². The van der Waals surface area contributed by atoms with Crippen LogP contribution in [0, 0.1) is 0 Å². The molecule has 0 aliphatic heterocycles. The van der Waals surface area contributed by atoms with Crippen molar-refractivity contribution in [2.45, 2.75) is 290 Å². The van der Waals surface area contributed by atoms with Gasteiger partial charge in [-0.3, -0.25) is 14.4 Å². The Kier molecular flexibility index (Phi) is 56.8. The molecule has 0 aromatic heterocycles. The number of hydrogen-bond donors (Lipinski definition) is 0. The monoisotopic (exact) mass is 1000 g/mol. The third kappa shape index (κ3) is 57.2. The molecular weight excluding hydrogens is 889 g/mol. The second-order valence-electron chi connectivity index (χ2n) is 19.9. The highest BCUT2D eigenvalue weighted by atomic mass is 16.6. The third-order valence-electron chi connectivity index (χ3n) is 12.8. The van der Waals surface area contributed by atoms with Crippen LogP contribution in [0.25, 0.3) is 0 Å². The zero-order valence-corrected chi connectivity index (χ0v) is 47.2. The number of unbranched alkanes of at least 4 members (excludes halogenated alkanes) is 27. The van der Waals surface area contributed by atoms with Gasteiger partial charge in [-0.25, -0.2) is 0 Å². The molecule has 0 bridgehead atoms. The normalized spacial score (nSPS) is 12.8. The van der Waals surface area contributed by atoms with Gasteiger partial charge in [0, 0.05) is 19.3 Å². The predicted octanol–water partition coefficient (Wildman–Crippen LogP) is 20.5. The Labute approximate surface area is 445 Å². The fraction of sp³-hybridized carbons (Fsp3) is 0.712. The number of hydrogen-bond acceptors (Lipinski definition) is 6. The molecule has 1 atom stereocenters. The Morgan fingerprint density at radius 1 is 0.292 bits per heavy atom. The average Bonchev–Trinajstić information content (AvgIpc) is 3.38. The third-order valence-corrected chi connectivity index (χ3v) is 12.8. The molecule has 0 aromatic carbocycles. The van der Waals surface area contributed by atoms with Crippen molar-refractivity contribution in [1.29, 1.82) is 0 Å². The Morgan fingerprint density at radius 2 is 0.569 bits per heavy atom. The quantitative estimate of drug-likeness (QED) is 0.0261. The summed E-state index contributed by atoms with van der Waals surface area (Å²) in [4.78, 5) is 38.2. The summed E-state index contributed by atoms with van der Waals surface area (Å²) in [5, 5.41) is 0. The van der Waals surface area contributed by atoms with Crippen LogP contribution < -0.4 is 0 Å². The molecule has 0 radical (unpaired) electrons. The van der Waals surface area contributed by atoms with Crippen LogP contribution in [-0.4, -0.2) is 37.2 Å². The molecule has 412 valence electrons. The molecule has 0 saturated heterocycles. The van der Waals surface area contributed by atoms with Gasteiger partial charge in [0.1, 0.15) is 13.2 Å². The van der Waals surface area contributed by atoms with Crippen LogP contribution in [0.4, 0.5) is 0 Å². The molecule has 0 heterocycles. The Bertz CT molecular complexity index is 1430. The minimum Gasteiger partial charge on any atom is -0.462 e. The predicted molar refractivity (Wildman–Crippen MR) is 311 cm³/mol. The standard InChI is InChI=1S/C66H112O6/c1-4-7-10-13-16-19-22-25-27-29-31-32-33-34-35-37-38-41-44-47-50-53-56-59-65(68)71-62-63(61-70-64(67)58-55-52-49-46-43-40-24-21-18-15-12-9-6-3)72-66(69)60-57-54-51-48-45-42-39-36-30-28-26-23-20-17-14-11-8-5-2/h7,9-10,12,16,18-19,21,25,27,31-32,40,43,49,52,63H,4-6,8,11,13-15,17,20,22-24,26,28-30,33-39,41-42,44-48,50-51,53-62H2,1-3H3/b10-7-,12-9-,19-16-,21-18-,27-25-,32-31-,43-40-,52-49-. The number of carbonyl (C=O) groups is 3. The Morgan fingerprint density at radius 3 is 0.931 bits per heavy atom. The van der Waals surface area contributed by atoms with Crippen molar-refractivity contribution in [2.24, 2.45) is 0 Å². The fourth-order valence-electron chi connectivity index (χ4n) is 8.39. The number of esters is 3. The van der Waals surface area contributed by atoms with Crippen molar-refractivity contribution < 1.29 is 28.6 Å². The molecule has 0 spiro atoms. The first kappa shape index (κ1) is 68.3. The topological polar surface area (TPSA) is 78.9 Å². The van der Waals surface area contributed by atoms with Gasteiger partial charge in [-0.2, -0.15) is 0 Å². The van der Waals surface area contributed by atoms with Crippen molar-refractivity contribution in [3.05, 3.63) is 97.2 Å². The number of carbonyl (C=O) groups excluding carboxylic acids is 3. The van der Waals surface area contributed by atoms with E-state index in [-0.39, 0.29) is 37.5 Å². The molecule has 6 nitrogen and oxygen atoms in total. The number of ether oxygens (including phenoxy) is 3. The lowest BCUT2D eigenvalue weighted by Gasteiger charge is -2.18. The lowest BCUT2D eigenvalue weighted by atomic mass is 10.0. The van der Waals surface area contributed by atoms with Crippen LogP contribution in [-0.2, 0) is 28.6 Å². The second kappa shape index (κ2) is 59.9. The first-order valence-electron chi connectivity index (χ1n) is 30.2. The molecule has 0 aromatic rings. The Hall–Kier alpha value is -3.67. The molecule has 0 aliphatic carbocycles. The van der Waals surface area contributed by atoms with Crippen molar-refractivity contribution in [2.75, 3.05) is 13.2 Å². The van der Waals surface area contributed by atoms with Gasteiger partial charge < -0.3 is 14.2 Å². The van der Waals surface area contributed by atoms with E-state index in [1.165, 1.54) is 148 Å². The molecule has 72 heavy (non-hydrogen) atoms. The SMILES string of the molecule is CC/C=C\C/C=C\C/C=C\C/C=C\CCCCCCCCCCCCC(=O)OCC(COC(=O)CC/C=C\C/C=C\C/C=C\C/C=C\CC)OC(=O)CCCCCCCCCCCCCCCCCCCC. The van der Waals surface area contributed by atoms with Crippen molar-refractivity contribution in [1.82, 2.24) is 0 Å². The van der Waals surface area contributed by atoms with Crippen LogP contribution in [0.15, 0.2) is 97.2 Å². The minimum atomic E-state index is -0.807. The maximum absolute atomic E-state index is 12.9. The molecule has 0 saturated carbocycles. The molecular formula is C66H112O6. The summed E-state index contributed by atoms with van der Waals surface area (Å²) >= 11 is 0. The van der Waals surface area contributed by atoms with E-state index in [1.807, 2.05) is 6.08 Å². The first-order valence-corrected chi connectivity index (χ1v) is 30.2. The van der Waals surface area contributed by atoms with E-state index in [4.69, 9.17) is 14.2 Å². The van der Waals surface area contributed by atoms with Gasteiger partial charge in [0.15, 0.2) is 6.10 Å². The van der Waals surface area contributed by atoms with Crippen LogP contribution in [0.5, 0.6) is 0 Å². The van der Waals surface area contributed by atoms with Crippen LogP contribution in [0.2, 0.25) is 0 Å². The van der Waals surface area contributed by atoms with Crippen LogP contribution in [0.1, 0.15) is 284 Å². The van der Waals surface area contributed by atoms with Crippen molar-refractivity contribution in [3.63, 3.8) is 0 Å². The summed E-state index contributed by atoms with van der Waals surface area (Å²) in [7, 11) is 0. The van der Waals surface area contributed by atoms with E-state index in [0.717, 1.165) is 89.9 Å². The van der Waals surface area contributed by atoms with Gasteiger partial charge in [-0.15, -0.1) is 0 Å². The molecule has 0 N–H and O–H groups in total. The van der Waals surface area contributed by atoms with Gasteiger partial charge in [0.05, 0.1) is 0 Å². The van der Waals surface area contributed by atoms with E-state index in [0.29, 0.717) is 19.3 Å². The average molecular weight is 1000 g/mol. The highest BCUT2D eigenvalue weighted by Gasteiger charge is 2.19. The van der Waals surface area contributed by atoms with Crippen LogP contribution >= 0.6 is 0 Å². The second-order valence-corrected chi connectivity index (χ2v) is 19.9. The Balaban J connectivity index is 4.37. The molecule has 0 amide bonds. The van der Waals surface area contributed by atoms with Crippen molar-refractivity contribution in [3.8, 4) is 0 Å². The van der Waals surface area contributed by atoms with Gasteiger partial charge in [0.2, 0.25) is 0 Å². The minimum absolute atomic E-state index is 0.0999. The van der Waals surface area contributed by atoms with E-state index in [9.17, 15) is 14.4 Å². The lowest BCUT2D eigenvalue weighted by molar-refractivity contribution is -0.166. The van der Waals surface area contributed by atoms with Gasteiger partial charge in [0.25, 0.3) is 0 Å². The highest BCUT2D eigenvalue weighted by molar-refractivity contribution is 5.71. The first-order chi connectivity index (χ1) is 35.5. The summed E-state index contributed by atoms with van der Waals surface area (Å²) in [5.41, 5.74) is 0. The van der Waals surface area contributed by atoms with E-state index >= 15 is 0 Å². The molecule has 0 fully saturated rings. The largest absolute Gasteiger partial charge is 0.462 e. The summed E-state index contributed by atoms with van der Waals surface area (Å²) in [6.45, 7) is 6.37. The summed E-state index contributed by atoms with van der Waals surface area (Å²) < 4.78 is 16.8. The zero-order valence-electron chi connectivity index (χ0n) is 47.2. The number of rotatable bonds is 54. The number of allylic oxidation sites excluding steroid dienone is 16. The summed E-state index contributed by atoms with van der Waals surface area (Å²) in [5.74, 6) is -0.980. The van der Waals surface area contributed by atoms with Gasteiger partial charge >= 0.3 is 17.9 Å². The maximum atomic E-state index is 12.9. The summed E-state index contributed by atoms with van der Waals surface area (Å²) in [6.07, 6.45) is 79.9. The van der Waals surface area contributed by atoms with Crippen molar-refractivity contribution >= 4 is 17.9 Å². The smallest absolute Gasteiger partial charge is 0.306 e. The van der Waals surface area contributed by atoms with Crippen LogP contribution in [0.3, 0.4) is 0 Å². The molecule has 0 aliphatic rings. The van der Waals surface area contributed by atoms with E-state index in [1.54, 1.807) is 0 Å². The molecule has 6 heteroatoms. The molecule has 0 rings (SSSR count). The molecule has 1 unspecified atom stereocenters.